The van der Waals surface area contributed by atoms with Crippen molar-refractivity contribution < 1.29 is 0 Å². The minimum atomic E-state index is 0.520. The Bertz CT molecular complexity index is 4450. The van der Waals surface area contributed by atoms with Crippen LogP contribution in [0.15, 0.2) is 224 Å². The van der Waals surface area contributed by atoms with Crippen molar-refractivity contribution in [1.29, 1.82) is 5.26 Å². The van der Waals surface area contributed by atoms with Crippen LogP contribution in [0.4, 0.5) is 0 Å². The summed E-state index contributed by atoms with van der Waals surface area (Å²) < 4.78 is 4.77. The van der Waals surface area contributed by atoms with Crippen molar-refractivity contribution in [3.8, 4) is 95.9 Å². The van der Waals surface area contributed by atoms with E-state index in [1.165, 1.54) is 66.8 Å². The highest BCUT2D eigenvalue weighted by molar-refractivity contribution is 6.14. The third kappa shape index (κ3) is 9.32. The summed E-state index contributed by atoms with van der Waals surface area (Å²) in [6.45, 7) is 17.4. The van der Waals surface area contributed by atoms with Crippen LogP contribution < -0.4 is 0 Å². The molecule has 0 aliphatic heterocycles. The molecule has 0 saturated carbocycles. The van der Waals surface area contributed by atoms with E-state index in [0.29, 0.717) is 11.4 Å². The minimum absolute atomic E-state index is 0.520. The van der Waals surface area contributed by atoms with Crippen molar-refractivity contribution in [3.05, 3.63) is 275 Å². The first kappa shape index (κ1) is 51.7. The van der Waals surface area contributed by atoms with Gasteiger partial charge in [-0.3, -0.25) is 0 Å². The Morgan fingerprint density at radius 3 is 0.917 bits per heavy atom. The third-order valence-corrected chi connectivity index (χ3v) is 16.5. The Morgan fingerprint density at radius 1 is 0.286 bits per heavy atom. The van der Waals surface area contributed by atoms with Crippen molar-refractivity contribution in [1.82, 2.24) is 19.1 Å². The molecular weight excluding hydrogens is 1020 g/mol. The summed E-state index contributed by atoms with van der Waals surface area (Å²) in [5.41, 5.74) is 29.5. The first-order valence-corrected chi connectivity index (χ1v) is 28.9. The van der Waals surface area contributed by atoms with Crippen molar-refractivity contribution in [2.24, 2.45) is 0 Å². The Labute approximate surface area is 491 Å². The molecule has 0 amide bonds. The van der Waals surface area contributed by atoms with E-state index in [-0.39, 0.29) is 0 Å². The number of nitrogens with zero attached hydrogens (tertiary/aromatic N) is 5. The maximum atomic E-state index is 11.5. The first-order chi connectivity index (χ1) is 40.8. The molecule has 0 saturated heterocycles. The molecule has 0 unspecified atom stereocenters. The largest absolute Gasteiger partial charge is 0.308 e. The van der Waals surface area contributed by atoms with Crippen LogP contribution in [0.2, 0.25) is 0 Å². The van der Waals surface area contributed by atoms with Crippen molar-refractivity contribution in [3.63, 3.8) is 0 Å². The van der Waals surface area contributed by atoms with Gasteiger partial charge in [-0.15, -0.1) is 0 Å². The molecule has 5 heteroatoms. The maximum Gasteiger partial charge on any atom is 0.160 e. The van der Waals surface area contributed by atoms with E-state index in [4.69, 9.17) is 9.97 Å². The van der Waals surface area contributed by atoms with E-state index in [9.17, 15) is 5.26 Å². The number of aryl methyl sites for hydroxylation is 8. The SMILES string of the molecule is Cc1cc(C)cc(-c2ccc3c(c2)c2cc(-c4cc(C)cc(C)c4)ccc2n3-c2cc(C#N)cc(-n3c4ccc(-c5cc(C)cc(C)c5)cc4c4cc(-c5cc(C)cc(C)c5)ccc43)c2-c2cc(-c3ccccc3)nc(-c3ccccc3)n2)c1. The molecule has 0 aliphatic rings. The average molecular weight is 1080 g/mol. The van der Waals surface area contributed by atoms with E-state index in [1.807, 2.05) is 24.3 Å². The number of rotatable bonds is 9. The van der Waals surface area contributed by atoms with Crippen LogP contribution in [-0.2, 0) is 0 Å². The zero-order chi connectivity index (χ0) is 57.5. The van der Waals surface area contributed by atoms with Crippen LogP contribution >= 0.6 is 0 Å². The summed E-state index contributed by atoms with van der Waals surface area (Å²) in [6, 6.07) is 84.3. The number of hydrogen-bond donors (Lipinski definition) is 0. The Balaban J connectivity index is 1.14. The number of fused-ring (bicyclic) bond motifs is 6. The quantitative estimate of drug-likeness (QED) is 0.145. The fraction of sp³-hybridized carbons (Fsp3) is 0.101. The maximum absolute atomic E-state index is 11.5. The van der Waals surface area contributed by atoms with Gasteiger partial charge in [0.1, 0.15) is 0 Å². The molecule has 14 rings (SSSR count). The second-order valence-corrected chi connectivity index (χ2v) is 23.3. The van der Waals surface area contributed by atoms with Crippen molar-refractivity contribution >= 4 is 43.6 Å². The van der Waals surface area contributed by atoms with Crippen LogP contribution in [0.3, 0.4) is 0 Å². The molecular formula is C79H61N5. The van der Waals surface area contributed by atoms with Crippen LogP contribution in [-0.4, -0.2) is 19.1 Å². The van der Waals surface area contributed by atoms with Crippen molar-refractivity contribution in [2.75, 3.05) is 0 Å². The lowest BCUT2D eigenvalue weighted by molar-refractivity contribution is 1.11. The second-order valence-electron chi connectivity index (χ2n) is 23.3. The van der Waals surface area contributed by atoms with E-state index < -0.39 is 0 Å². The average Bonchev–Trinajstić information content (AvgIpc) is 1.79. The van der Waals surface area contributed by atoms with Crippen LogP contribution in [0.1, 0.15) is 50.1 Å². The zero-order valence-corrected chi connectivity index (χ0v) is 48.6. The standard InChI is InChI=1S/C79H61N5/c1-47-27-48(2)32-62(31-47)58-19-23-72-66(41-58)67-42-59(63-33-49(3)28-50(4)34-63)20-24-73(67)83(72)76-39-55(46-80)40-77(78(76)71-45-70(56-15-11-9-12-16-56)81-79(82-71)57-17-13-10-14-18-57)84-74-25-21-60(64-35-51(5)29-52(6)36-64)43-68(74)69-44-61(22-26-75(69)84)65-37-53(7)30-54(8)38-65/h9-45H,1-8H3. The zero-order valence-electron chi connectivity index (χ0n) is 48.6. The number of benzene rings is 11. The van der Waals surface area contributed by atoms with Crippen LogP contribution in [0.5, 0.6) is 0 Å². The van der Waals surface area contributed by atoms with Gasteiger partial charge >= 0.3 is 0 Å². The number of hydrogen-bond acceptors (Lipinski definition) is 3. The van der Waals surface area contributed by atoms with Gasteiger partial charge in [0.05, 0.1) is 56.5 Å². The van der Waals surface area contributed by atoms with Gasteiger partial charge in [0, 0.05) is 38.2 Å². The highest BCUT2D eigenvalue weighted by Crippen LogP contribution is 2.46. The molecule has 3 aromatic heterocycles. The van der Waals surface area contributed by atoms with Crippen molar-refractivity contribution in [2.45, 2.75) is 55.4 Å². The fourth-order valence-corrected chi connectivity index (χ4v) is 13.2. The monoisotopic (exact) mass is 1080 g/mol. The molecule has 0 N–H and O–H groups in total. The van der Waals surface area contributed by atoms with Gasteiger partial charge in [-0.2, -0.15) is 5.26 Å². The second kappa shape index (κ2) is 20.5. The smallest absolute Gasteiger partial charge is 0.160 e. The number of aromatic nitrogens is 4. The summed E-state index contributed by atoms with van der Waals surface area (Å²) in [5.74, 6) is 0.602. The van der Waals surface area contributed by atoms with E-state index in [2.05, 4.69) is 271 Å². The molecule has 402 valence electrons. The summed E-state index contributed by atoms with van der Waals surface area (Å²) in [5, 5.41) is 15.9. The van der Waals surface area contributed by atoms with E-state index in [0.717, 1.165) is 105 Å². The van der Waals surface area contributed by atoms with Gasteiger partial charge in [-0.25, -0.2) is 9.97 Å². The molecule has 0 bridgehead atoms. The summed E-state index contributed by atoms with van der Waals surface area (Å²) >= 11 is 0. The van der Waals surface area contributed by atoms with Gasteiger partial charge in [0.15, 0.2) is 5.82 Å². The highest BCUT2D eigenvalue weighted by Gasteiger charge is 2.27. The topological polar surface area (TPSA) is 59.4 Å². The van der Waals surface area contributed by atoms with Gasteiger partial charge in [-0.1, -0.05) is 202 Å². The molecule has 3 heterocycles. The highest BCUT2D eigenvalue weighted by atomic mass is 15.0. The minimum Gasteiger partial charge on any atom is -0.308 e. The lowest BCUT2D eigenvalue weighted by Gasteiger charge is -2.21. The molecule has 0 aliphatic carbocycles. The van der Waals surface area contributed by atoms with Crippen LogP contribution in [0.25, 0.3) is 133 Å². The lowest BCUT2D eigenvalue weighted by atomic mass is 9.97. The Kier molecular flexibility index (Phi) is 12.6. The molecule has 14 aromatic rings. The van der Waals surface area contributed by atoms with Gasteiger partial charge < -0.3 is 9.13 Å². The molecule has 84 heavy (non-hydrogen) atoms. The molecule has 5 nitrogen and oxygen atoms in total. The normalized spacial score (nSPS) is 11.6. The van der Waals surface area contributed by atoms with E-state index in [1.54, 1.807) is 0 Å². The molecule has 0 radical (unpaired) electrons. The predicted octanol–water partition coefficient (Wildman–Crippen LogP) is 20.7. The summed E-state index contributed by atoms with van der Waals surface area (Å²) in [7, 11) is 0. The van der Waals surface area contributed by atoms with Gasteiger partial charge in [0.25, 0.3) is 0 Å². The Morgan fingerprint density at radius 2 is 0.595 bits per heavy atom. The number of nitriles is 1. The predicted molar refractivity (Wildman–Crippen MR) is 351 cm³/mol. The first-order valence-electron chi connectivity index (χ1n) is 28.9. The molecule has 11 aromatic carbocycles. The molecule has 0 fully saturated rings. The molecule has 0 spiro atoms. The third-order valence-electron chi connectivity index (χ3n) is 16.5. The fourth-order valence-electron chi connectivity index (χ4n) is 13.2. The van der Waals surface area contributed by atoms with Gasteiger partial charge in [-0.05, 0) is 167 Å². The van der Waals surface area contributed by atoms with E-state index >= 15 is 0 Å². The Hall–Kier alpha value is -10.4. The summed E-state index contributed by atoms with van der Waals surface area (Å²) in [4.78, 5) is 11.0. The lowest BCUT2D eigenvalue weighted by Crippen LogP contribution is -2.07. The van der Waals surface area contributed by atoms with Gasteiger partial charge in [0.2, 0.25) is 0 Å². The summed E-state index contributed by atoms with van der Waals surface area (Å²) in [6.07, 6.45) is 0. The molecule has 0 atom stereocenters. The van der Waals surface area contributed by atoms with Crippen LogP contribution in [0, 0.1) is 66.7 Å².